The lowest BCUT2D eigenvalue weighted by Crippen LogP contribution is -2.66. The number of nitrogens with two attached hydrogens (primary N) is 1. The van der Waals surface area contributed by atoms with Crippen LogP contribution in [0.3, 0.4) is 0 Å². The second-order valence-corrected chi connectivity index (χ2v) is 6.79. The van der Waals surface area contributed by atoms with Gasteiger partial charge in [0.2, 0.25) is 0 Å². The maximum Gasteiger partial charge on any atom is 0.271 e. The summed E-state index contributed by atoms with van der Waals surface area (Å²) in [6.45, 7) is 5.48. The van der Waals surface area contributed by atoms with E-state index in [0.29, 0.717) is 18.2 Å². The highest BCUT2D eigenvalue weighted by molar-refractivity contribution is 7.09. The van der Waals surface area contributed by atoms with Gasteiger partial charge >= 0.3 is 0 Å². The van der Waals surface area contributed by atoms with Crippen LogP contribution in [0.25, 0.3) is 0 Å². The van der Waals surface area contributed by atoms with Gasteiger partial charge < -0.3 is 15.8 Å². The third-order valence-electron chi connectivity index (χ3n) is 4.35. The first-order valence-electron chi connectivity index (χ1n) is 6.61. The first-order chi connectivity index (χ1) is 9.04. The van der Waals surface area contributed by atoms with Crippen molar-refractivity contribution < 1.29 is 9.53 Å². The number of nitrogens with one attached hydrogen (secondary N) is 1. The summed E-state index contributed by atoms with van der Waals surface area (Å²) in [4.78, 5) is 16.4. The van der Waals surface area contributed by atoms with E-state index in [1.54, 1.807) is 5.38 Å². The predicted octanol–water partition coefficient (Wildman–Crippen LogP) is 1.15. The first kappa shape index (κ1) is 13.0. The van der Waals surface area contributed by atoms with Gasteiger partial charge in [0.15, 0.2) is 0 Å². The number of amides is 1. The van der Waals surface area contributed by atoms with Crippen LogP contribution >= 0.6 is 11.3 Å². The Morgan fingerprint density at radius 1 is 1.68 bits per heavy atom. The zero-order valence-electron chi connectivity index (χ0n) is 11.2. The molecule has 1 saturated heterocycles. The molecule has 0 bridgehead atoms. The van der Waals surface area contributed by atoms with Crippen LogP contribution in [-0.2, 0) is 11.3 Å². The second kappa shape index (κ2) is 4.54. The quantitative estimate of drug-likeness (QED) is 0.871. The third kappa shape index (κ3) is 1.98. The maximum atomic E-state index is 12.2. The molecule has 0 radical (unpaired) electrons. The van der Waals surface area contributed by atoms with Gasteiger partial charge in [0, 0.05) is 35.9 Å². The summed E-state index contributed by atoms with van der Waals surface area (Å²) in [5, 5.41) is 5.68. The summed E-state index contributed by atoms with van der Waals surface area (Å²) < 4.78 is 5.72. The predicted molar refractivity (Wildman–Crippen MR) is 72.9 cm³/mol. The highest BCUT2D eigenvalue weighted by Gasteiger charge is 2.59. The molecule has 2 heterocycles. The number of carbonyl (C=O) groups excluding carboxylic acids is 1. The Morgan fingerprint density at radius 2 is 2.47 bits per heavy atom. The lowest BCUT2D eigenvalue weighted by Gasteiger charge is -2.54. The molecule has 3 N–H and O–H groups in total. The van der Waals surface area contributed by atoms with Crippen LogP contribution < -0.4 is 11.1 Å². The number of aromatic nitrogens is 1. The molecule has 0 spiro atoms. The largest absolute Gasteiger partial charge is 0.377 e. The second-order valence-electron chi connectivity index (χ2n) is 5.85. The van der Waals surface area contributed by atoms with Gasteiger partial charge in [0.1, 0.15) is 10.7 Å². The van der Waals surface area contributed by atoms with E-state index in [-0.39, 0.29) is 23.5 Å². The molecular weight excluding hydrogens is 262 g/mol. The van der Waals surface area contributed by atoms with E-state index in [2.05, 4.69) is 24.1 Å². The fourth-order valence-corrected chi connectivity index (χ4v) is 4.00. The van der Waals surface area contributed by atoms with Crippen molar-refractivity contribution >= 4 is 17.2 Å². The fraction of sp³-hybridized carbons (Fsp3) is 0.692. The van der Waals surface area contributed by atoms with Crippen LogP contribution in [0.4, 0.5) is 0 Å². The molecule has 1 aromatic heterocycles. The monoisotopic (exact) mass is 281 g/mol. The third-order valence-corrected chi connectivity index (χ3v) is 5.22. The Labute approximate surface area is 116 Å². The highest BCUT2D eigenvalue weighted by Crippen LogP contribution is 2.52. The Morgan fingerprint density at radius 3 is 3.16 bits per heavy atom. The molecule has 1 aliphatic carbocycles. The number of thiazole rings is 1. The zero-order chi connectivity index (χ0) is 13.6. The molecule has 0 aromatic carbocycles. The summed E-state index contributed by atoms with van der Waals surface area (Å²) >= 11 is 1.43. The molecule has 3 rings (SSSR count). The van der Waals surface area contributed by atoms with Gasteiger partial charge in [-0.25, -0.2) is 4.98 Å². The van der Waals surface area contributed by atoms with E-state index in [0.717, 1.165) is 18.0 Å². The number of hydrogen-bond donors (Lipinski definition) is 2. The summed E-state index contributed by atoms with van der Waals surface area (Å²) in [7, 11) is 0. The number of nitrogens with zero attached hydrogens (tertiary/aromatic N) is 1. The molecule has 6 heteroatoms. The fourth-order valence-electron chi connectivity index (χ4n) is 3.34. The van der Waals surface area contributed by atoms with E-state index in [4.69, 9.17) is 10.5 Å². The van der Waals surface area contributed by atoms with E-state index >= 15 is 0 Å². The van der Waals surface area contributed by atoms with Gasteiger partial charge in [-0.05, 0) is 6.42 Å². The highest BCUT2D eigenvalue weighted by atomic mass is 32.1. The molecule has 5 nitrogen and oxygen atoms in total. The van der Waals surface area contributed by atoms with Gasteiger partial charge in [-0.15, -0.1) is 11.3 Å². The average Bonchev–Trinajstić information content (AvgIpc) is 3.03. The minimum atomic E-state index is -0.0978. The lowest BCUT2D eigenvalue weighted by atomic mass is 9.57. The van der Waals surface area contributed by atoms with E-state index in [1.807, 2.05) is 0 Å². The van der Waals surface area contributed by atoms with Crippen LogP contribution in [0.15, 0.2) is 5.38 Å². The summed E-state index contributed by atoms with van der Waals surface area (Å²) in [6, 6.07) is 0.176. The molecule has 1 amide bonds. The number of rotatable bonds is 3. The number of fused-ring (bicyclic) bond motifs is 1. The van der Waals surface area contributed by atoms with E-state index in [9.17, 15) is 4.79 Å². The lowest BCUT2D eigenvalue weighted by molar-refractivity contribution is -0.108. The number of hydrogen-bond acceptors (Lipinski definition) is 5. The Hall–Kier alpha value is -0.980. The first-order valence-corrected chi connectivity index (χ1v) is 7.49. The van der Waals surface area contributed by atoms with Gasteiger partial charge in [0.05, 0.1) is 6.10 Å². The van der Waals surface area contributed by atoms with Crippen molar-refractivity contribution in [2.45, 2.75) is 39.0 Å². The van der Waals surface area contributed by atoms with Crippen molar-refractivity contribution in [2.75, 3.05) is 6.61 Å². The van der Waals surface area contributed by atoms with Gasteiger partial charge in [0.25, 0.3) is 5.91 Å². The topological polar surface area (TPSA) is 77.2 Å². The Balaban J connectivity index is 1.69. The zero-order valence-corrected chi connectivity index (χ0v) is 12.0. The van der Waals surface area contributed by atoms with Crippen molar-refractivity contribution in [3.8, 4) is 0 Å². The van der Waals surface area contributed by atoms with Crippen LogP contribution in [0, 0.1) is 11.3 Å². The van der Waals surface area contributed by atoms with Crippen LogP contribution in [0.1, 0.15) is 35.8 Å². The molecule has 3 atom stereocenters. The molecule has 1 aliphatic heterocycles. The molecule has 1 aromatic rings. The molecule has 104 valence electrons. The molecule has 19 heavy (non-hydrogen) atoms. The average molecular weight is 281 g/mol. The normalized spacial score (nSPS) is 31.6. The van der Waals surface area contributed by atoms with Crippen molar-refractivity contribution in [1.82, 2.24) is 10.3 Å². The number of carbonyl (C=O) groups is 1. The van der Waals surface area contributed by atoms with E-state index < -0.39 is 0 Å². The molecule has 2 aliphatic rings. The van der Waals surface area contributed by atoms with E-state index in [1.165, 1.54) is 11.3 Å². The van der Waals surface area contributed by atoms with Gasteiger partial charge in [-0.1, -0.05) is 13.8 Å². The van der Waals surface area contributed by atoms with Crippen molar-refractivity contribution in [3.05, 3.63) is 16.1 Å². The molecular formula is C13H19N3O2S. The summed E-state index contributed by atoms with van der Waals surface area (Å²) in [6.07, 6.45) is 1.32. The Kier molecular flexibility index (Phi) is 3.11. The smallest absolute Gasteiger partial charge is 0.271 e. The van der Waals surface area contributed by atoms with Crippen LogP contribution in [0.2, 0.25) is 0 Å². The molecule has 3 unspecified atom stereocenters. The van der Waals surface area contributed by atoms with Gasteiger partial charge in [-0.2, -0.15) is 0 Å². The standard InChI is InChI=1S/C13H19N3O2S/c1-13(2)10(7-3-4-18-11(7)13)16-12(17)8-6-19-9(5-14)15-8/h6-7,10-11H,3-5,14H2,1-2H3,(H,16,17). The van der Waals surface area contributed by atoms with Crippen LogP contribution in [-0.4, -0.2) is 29.6 Å². The maximum absolute atomic E-state index is 12.2. The minimum Gasteiger partial charge on any atom is -0.377 e. The van der Waals surface area contributed by atoms with Crippen molar-refractivity contribution in [3.63, 3.8) is 0 Å². The SMILES string of the molecule is CC1(C)C(NC(=O)c2csc(CN)n2)C2CCOC21. The summed E-state index contributed by atoms with van der Waals surface area (Å²) in [5.41, 5.74) is 5.99. The summed E-state index contributed by atoms with van der Waals surface area (Å²) in [5.74, 6) is 0.353. The molecule has 1 saturated carbocycles. The van der Waals surface area contributed by atoms with Gasteiger partial charge in [-0.3, -0.25) is 4.79 Å². The van der Waals surface area contributed by atoms with Crippen LogP contribution in [0.5, 0.6) is 0 Å². The number of ether oxygens (including phenoxy) is 1. The van der Waals surface area contributed by atoms with Crippen molar-refractivity contribution in [1.29, 1.82) is 0 Å². The molecule has 2 fully saturated rings. The minimum absolute atomic E-state index is 0.00352. The Bertz CT molecular complexity index is 500. The van der Waals surface area contributed by atoms with Crippen molar-refractivity contribution in [2.24, 2.45) is 17.1 Å².